The van der Waals surface area contributed by atoms with Crippen LogP contribution in [0.3, 0.4) is 0 Å². The molecule has 1 saturated carbocycles. The maximum Gasteiger partial charge on any atom is 0.233 e. The molecule has 0 radical (unpaired) electrons. The molecule has 15 heavy (non-hydrogen) atoms. The summed E-state index contributed by atoms with van der Waals surface area (Å²) in [5.41, 5.74) is 0. The molecule has 4 nitrogen and oxygen atoms in total. The van der Waals surface area contributed by atoms with Crippen molar-refractivity contribution < 1.29 is 4.42 Å². The molecule has 1 unspecified atom stereocenters. The van der Waals surface area contributed by atoms with E-state index in [1.807, 2.05) is 0 Å². The van der Waals surface area contributed by atoms with Crippen LogP contribution >= 0.6 is 0 Å². The highest BCUT2D eigenvalue weighted by atomic mass is 16.4. The van der Waals surface area contributed by atoms with Gasteiger partial charge in [-0.3, -0.25) is 0 Å². The third kappa shape index (κ3) is 2.78. The molecule has 1 aliphatic rings. The van der Waals surface area contributed by atoms with Crippen LogP contribution in [-0.2, 0) is 6.42 Å². The number of aromatic nitrogens is 2. The molecular weight excluding hydrogens is 190 g/mol. The summed E-state index contributed by atoms with van der Waals surface area (Å²) in [6.07, 6.45) is 4.60. The van der Waals surface area contributed by atoms with Crippen LogP contribution in [0, 0.1) is 5.92 Å². The molecule has 1 aromatic heterocycles. The van der Waals surface area contributed by atoms with Gasteiger partial charge in [-0.05, 0) is 31.7 Å². The lowest BCUT2D eigenvalue weighted by Gasteiger charge is -2.09. The zero-order chi connectivity index (χ0) is 10.7. The standard InChI is InChI=1S/C11H19N3O/c1-3-9(12-4-2)11-14-13-10(15-11)7-8-5-6-8/h8-9,12H,3-7H2,1-2H3. The Hall–Kier alpha value is -0.900. The van der Waals surface area contributed by atoms with Crippen LogP contribution in [0.2, 0.25) is 0 Å². The van der Waals surface area contributed by atoms with E-state index in [2.05, 4.69) is 29.4 Å². The van der Waals surface area contributed by atoms with E-state index < -0.39 is 0 Å². The second-order valence-electron chi connectivity index (χ2n) is 4.20. The third-order valence-electron chi connectivity index (χ3n) is 2.80. The molecular formula is C11H19N3O. The maximum absolute atomic E-state index is 5.66. The van der Waals surface area contributed by atoms with Crippen LogP contribution in [0.5, 0.6) is 0 Å². The molecule has 84 valence electrons. The Morgan fingerprint density at radius 3 is 2.80 bits per heavy atom. The molecule has 0 aromatic carbocycles. The van der Waals surface area contributed by atoms with E-state index in [1.165, 1.54) is 12.8 Å². The van der Waals surface area contributed by atoms with Crippen molar-refractivity contribution in [2.24, 2.45) is 5.92 Å². The van der Waals surface area contributed by atoms with Gasteiger partial charge in [0, 0.05) is 6.42 Å². The Morgan fingerprint density at radius 1 is 1.40 bits per heavy atom. The van der Waals surface area contributed by atoms with E-state index >= 15 is 0 Å². The maximum atomic E-state index is 5.66. The number of hydrogen-bond donors (Lipinski definition) is 1. The van der Waals surface area contributed by atoms with Crippen molar-refractivity contribution >= 4 is 0 Å². The first-order valence-electron chi connectivity index (χ1n) is 5.89. The van der Waals surface area contributed by atoms with Crippen molar-refractivity contribution in [3.63, 3.8) is 0 Å². The lowest BCUT2D eigenvalue weighted by atomic mass is 10.2. The fourth-order valence-corrected chi connectivity index (χ4v) is 1.71. The van der Waals surface area contributed by atoms with Crippen molar-refractivity contribution in [3.05, 3.63) is 11.8 Å². The van der Waals surface area contributed by atoms with Gasteiger partial charge in [0.05, 0.1) is 6.04 Å². The molecule has 1 aliphatic carbocycles. The molecule has 1 N–H and O–H groups in total. The van der Waals surface area contributed by atoms with Crippen molar-refractivity contribution in [2.75, 3.05) is 6.54 Å². The Balaban J connectivity index is 1.96. The van der Waals surface area contributed by atoms with Crippen molar-refractivity contribution in [3.8, 4) is 0 Å². The Kier molecular flexibility index (Phi) is 3.36. The summed E-state index contributed by atoms with van der Waals surface area (Å²) >= 11 is 0. The lowest BCUT2D eigenvalue weighted by molar-refractivity contribution is 0.373. The molecule has 1 heterocycles. The van der Waals surface area contributed by atoms with Gasteiger partial charge in [-0.1, -0.05) is 13.8 Å². The van der Waals surface area contributed by atoms with E-state index in [0.29, 0.717) is 0 Å². The summed E-state index contributed by atoms with van der Waals surface area (Å²) in [5.74, 6) is 2.36. The number of hydrogen-bond acceptors (Lipinski definition) is 4. The van der Waals surface area contributed by atoms with E-state index in [4.69, 9.17) is 4.42 Å². The van der Waals surface area contributed by atoms with Crippen LogP contribution in [0.15, 0.2) is 4.42 Å². The Labute approximate surface area is 90.5 Å². The van der Waals surface area contributed by atoms with E-state index in [9.17, 15) is 0 Å². The van der Waals surface area contributed by atoms with Gasteiger partial charge in [0.15, 0.2) is 0 Å². The molecule has 0 saturated heterocycles. The zero-order valence-electron chi connectivity index (χ0n) is 9.49. The highest BCUT2D eigenvalue weighted by Gasteiger charge is 2.25. The Morgan fingerprint density at radius 2 is 2.20 bits per heavy atom. The quantitative estimate of drug-likeness (QED) is 0.779. The van der Waals surface area contributed by atoms with Gasteiger partial charge in [0.2, 0.25) is 11.8 Å². The number of nitrogens with one attached hydrogen (secondary N) is 1. The normalized spacial score (nSPS) is 18.0. The molecule has 0 aliphatic heterocycles. The molecule has 0 amide bonds. The fraction of sp³-hybridized carbons (Fsp3) is 0.818. The van der Waals surface area contributed by atoms with Crippen LogP contribution < -0.4 is 5.32 Å². The highest BCUT2D eigenvalue weighted by molar-refractivity contribution is 4.92. The summed E-state index contributed by atoms with van der Waals surface area (Å²) in [6, 6.07) is 0.218. The molecule has 1 fully saturated rings. The minimum Gasteiger partial charge on any atom is -0.424 e. The first kappa shape index (κ1) is 10.6. The topological polar surface area (TPSA) is 51.0 Å². The first-order valence-corrected chi connectivity index (χ1v) is 5.89. The predicted molar refractivity (Wildman–Crippen MR) is 57.4 cm³/mol. The van der Waals surface area contributed by atoms with Crippen molar-refractivity contribution in [1.29, 1.82) is 0 Å². The van der Waals surface area contributed by atoms with Gasteiger partial charge in [-0.2, -0.15) is 0 Å². The molecule has 1 atom stereocenters. The number of nitrogens with zero attached hydrogens (tertiary/aromatic N) is 2. The SMILES string of the molecule is CCNC(CC)c1nnc(CC2CC2)o1. The van der Waals surface area contributed by atoms with Crippen LogP contribution in [0.1, 0.15) is 50.9 Å². The summed E-state index contributed by atoms with van der Waals surface area (Å²) in [5, 5.41) is 11.5. The summed E-state index contributed by atoms with van der Waals surface area (Å²) < 4.78 is 5.66. The summed E-state index contributed by atoms with van der Waals surface area (Å²) in [4.78, 5) is 0. The second-order valence-corrected chi connectivity index (χ2v) is 4.20. The van der Waals surface area contributed by atoms with Gasteiger partial charge in [-0.25, -0.2) is 0 Å². The van der Waals surface area contributed by atoms with E-state index in [-0.39, 0.29) is 6.04 Å². The predicted octanol–water partition coefficient (Wildman–Crippen LogP) is 2.08. The molecule has 0 spiro atoms. The second kappa shape index (κ2) is 4.75. The minimum absolute atomic E-state index is 0.218. The average Bonchev–Trinajstić information content (AvgIpc) is 2.92. The van der Waals surface area contributed by atoms with Gasteiger partial charge < -0.3 is 9.73 Å². The van der Waals surface area contributed by atoms with Gasteiger partial charge in [0.25, 0.3) is 0 Å². The number of rotatable bonds is 6. The van der Waals surface area contributed by atoms with Gasteiger partial charge in [0.1, 0.15) is 0 Å². The van der Waals surface area contributed by atoms with E-state index in [1.54, 1.807) is 0 Å². The van der Waals surface area contributed by atoms with Crippen LogP contribution in [0.4, 0.5) is 0 Å². The zero-order valence-corrected chi connectivity index (χ0v) is 9.49. The Bertz CT molecular complexity index is 307. The van der Waals surface area contributed by atoms with Crippen molar-refractivity contribution in [2.45, 2.75) is 45.6 Å². The van der Waals surface area contributed by atoms with Crippen molar-refractivity contribution in [1.82, 2.24) is 15.5 Å². The minimum atomic E-state index is 0.218. The van der Waals surface area contributed by atoms with Crippen LogP contribution in [0.25, 0.3) is 0 Å². The first-order chi connectivity index (χ1) is 7.33. The largest absolute Gasteiger partial charge is 0.424 e. The summed E-state index contributed by atoms with van der Waals surface area (Å²) in [6.45, 7) is 5.14. The third-order valence-corrected chi connectivity index (χ3v) is 2.80. The van der Waals surface area contributed by atoms with E-state index in [0.717, 1.165) is 37.1 Å². The molecule has 1 aromatic rings. The van der Waals surface area contributed by atoms with Gasteiger partial charge >= 0.3 is 0 Å². The monoisotopic (exact) mass is 209 g/mol. The average molecular weight is 209 g/mol. The molecule has 2 rings (SSSR count). The lowest BCUT2D eigenvalue weighted by Crippen LogP contribution is -2.20. The summed E-state index contributed by atoms with van der Waals surface area (Å²) in [7, 11) is 0. The van der Waals surface area contributed by atoms with Gasteiger partial charge in [-0.15, -0.1) is 10.2 Å². The highest BCUT2D eigenvalue weighted by Crippen LogP contribution is 2.32. The van der Waals surface area contributed by atoms with Crippen LogP contribution in [-0.4, -0.2) is 16.7 Å². The molecule has 0 bridgehead atoms. The molecule has 4 heteroatoms. The smallest absolute Gasteiger partial charge is 0.233 e. The fourth-order valence-electron chi connectivity index (χ4n) is 1.71.